The predicted molar refractivity (Wildman–Crippen MR) is 215 cm³/mol. The highest BCUT2D eigenvalue weighted by atomic mass is 16.7. The molecule has 0 aromatic heterocycles. The van der Waals surface area contributed by atoms with Crippen molar-refractivity contribution in [1.29, 1.82) is 0 Å². The predicted octanol–water partition coefficient (Wildman–Crippen LogP) is 2.81. The second kappa shape index (κ2) is 22.0. The third-order valence-electron chi connectivity index (χ3n) is 13.2. The summed E-state index contributed by atoms with van der Waals surface area (Å²) in [6, 6.07) is -1.19. The van der Waals surface area contributed by atoms with Gasteiger partial charge in [-0.2, -0.15) is 0 Å². The van der Waals surface area contributed by atoms with E-state index in [0.29, 0.717) is 50.5 Å². The minimum Gasteiger partial charge on any atom is -0.456 e. The van der Waals surface area contributed by atoms with Crippen molar-refractivity contribution in [2.24, 2.45) is 29.6 Å². The minimum atomic E-state index is -2.55. The normalized spacial score (nSPS) is 40.6. The van der Waals surface area contributed by atoms with Crippen LogP contribution >= 0.6 is 0 Å². The highest BCUT2D eigenvalue weighted by Crippen LogP contribution is 2.39. The summed E-state index contributed by atoms with van der Waals surface area (Å²) in [6.45, 7) is 8.39. The van der Waals surface area contributed by atoms with Crippen molar-refractivity contribution in [1.82, 2.24) is 4.90 Å². The van der Waals surface area contributed by atoms with Gasteiger partial charge in [0, 0.05) is 52.0 Å². The molecule has 4 rings (SSSR count). The molecule has 15 unspecified atom stereocenters. The summed E-state index contributed by atoms with van der Waals surface area (Å²) in [7, 11) is 4.53. The first-order valence-corrected chi connectivity index (χ1v) is 21.5. The number of hydrogen-bond acceptors (Lipinski definition) is 14. The standard InChI is InChI=1S/C44H71NO14/c1-24-15-25(2)17-37(56-7)40-38(57-8)19-27(4)44(54,59-40)41(51)42(52)45-14-10-9-11-32(45)43(53)58-39(26(3)18-29-12-13-33(48)36(20-29)55-6)28(5)34(49)22-35(50)30(16-24)21-31(47)23-46/h16,18,25,27-34,36-40,46-49,54H,9-15,17,19-23H2,1-8H3/b24-16+,26-18?. The van der Waals surface area contributed by atoms with Gasteiger partial charge in [0.2, 0.25) is 5.79 Å². The molecule has 15 heteroatoms. The van der Waals surface area contributed by atoms with Crippen LogP contribution in [0.15, 0.2) is 23.3 Å². The molecule has 336 valence electrons. The number of methoxy groups -OCH3 is 3. The lowest BCUT2D eigenvalue weighted by Gasteiger charge is -2.47. The van der Waals surface area contributed by atoms with Crippen LogP contribution in [0, 0.1) is 29.6 Å². The molecule has 1 saturated carbocycles. The topological polar surface area (TPSA) is 219 Å². The quantitative estimate of drug-likeness (QED) is 0.135. The Morgan fingerprint density at radius 1 is 0.932 bits per heavy atom. The van der Waals surface area contributed by atoms with E-state index in [0.717, 1.165) is 10.5 Å². The van der Waals surface area contributed by atoms with Gasteiger partial charge in [0.05, 0.1) is 43.2 Å². The van der Waals surface area contributed by atoms with E-state index < -0.39 is 103 Å². The van der Waals surface area contributed by atoms with Gasteiger partial charge in [0.1, 0.15) is 24.0 Å². The number of Topliss-reactive ketones (excluding diaryl/α,β-unsaturated/α-hetero) is 2. The van der Waals surface area contributed by atoms with E-state index >= 15 is 0 Å². The number of rotatable bonds is 8. The summed E-state index contributed by atoms with van der Waals surface area (Å²) in [6.07, 6.45) is 0.418. The zero-order valence-corrected chi connectivity index (χ0v) is 36.3. The summed E-state index contributed by atoms with van der Waals surface area (Å²) < 4.78 is 29.7. The highest BCUT2D eigenvalue weighted by molar-refractivity contribution is 6.39. The van der Waals surface area contributed by atoms with Gasteiger partial charge >= 0.3 is 5.97 Å². The van der Waals surface area contributed by atoms with Gasteiger partial charge in [-0.3, -0.25) is 14.4 Å². The maximum Gasteiger partial charge on any atom is 0.329 e. The van der Waals surface area contributed by atoms with Crippen LogP contribution in [-0.2, 0) is 42.9 Å². The Hall–Kier alpha value is -2.60. The number of fused-ring (bicyclic) bond motifs is 3. The molecule has 0 aromatic rings. The number of amides is 1. The van der Waals surface area contributed by atoms with Gasteiger partial charge in [-0.15, -0.1) is 0 Å². The maximum absolute atomic E-state index is 14.3. The summed E-state index contributed by atoms with van der Waals surface area (Å²) in [4.78, 5) is 58.0. The average Bonchev–Trinajstić information content (AvgIpc) is 3.21. The largest absolute Gasteiger partial charge is 0.456 e. The third kappa shape index (κ3) is 12.1. The molecule has 5 N–H and O–H groups in total. The van der Waals surface area contributed by atoms with Gasteiger partial charge in [0.15, 0.2) is 0 Å². The Balaban J connectivity index is 1.79. The van der Waals surface area contributed by atoms with Crippen LogP contribution in [0.1, 0.15) is 105 Å². The van der Waals surface area contributed by atoms with Crippen LogP contribution in [0.3, 0.4) is 0 Å². The molecule has 0 radical (unpaired) electrons. The monoisotopic (exact) mass is 837 g/mol. The van der Waals surface area contributed by atoms with Crippen molar-refractivity contribution in [3.8, 4) is 0 Å². The number of nitrogens with zero attached hydrogens (tertiary/aromatic N) is 1. The molecule has 0 spiro atoms. The number of aliphatic hydroxyl groups is 5. The van der Waals surface area contributed by atoms with Gasteiger partial charge in [-0.05, 0) is 95.5 Å². The smallest absolute Gasteiger partial charge is 0.329 e. The number of carbonyl (C=O) groups excluding carboxylic acids is 4. The zero-order chi connectivity index (χ0) is 43.8. The molecule has 2 bridgehead atoms. The number of ether oxygens (including phenoxy) is 5. The molecular weight excluding hydrogens is 766 g/mol. The lowest BCUT2D eigenvalue weighted by atomic mass is 9.81. The Labute approximate surface area is 349 Å². The van der Waals surface area contributed by atoms with E-state index in [-0.39, 0.29) is 49.8 Å². The summed E-state index contributed by atoms with van der Waals surface area (Å²) in [5.74, 6) is -8.67. The Morgan fingerprint density at radius 3 is 2.24 bits per heavy atom. The summed E-state index contributed by atoms with van der Waals surface area (Å²) in [5.41, 5.74) is 1.41. The molecule has 59 heavy (non-hydrogen) atoms. The van der Waals surface area contributed by atoms with Crippen molar-refractivity contribution < 1.29 is 68.4 Å². The molecule has 3 heterocycles. The molecule has 2 saturated heterocycles. The number of carbonyl (C=O) groups is 4. The number of esters is 1. The van der Waals surface area contributed by atoms with Crippen LogP contribution in [0.4, 0.5) is 0 Å². The number of ketones is 2. The minimum absolute atomic E-state index is 0.0548. The van der Waals surface area contributed by atoms with Crippen molar-refractivity contribution in [2.75, 3.05) is 34.5 Å². The van der Waals surface area contributed by atoms with Crippen LogP contribution in [0.25, 0.3) is 0 Å². The molecule has 1 aliphatic carbocycles. The van der Waals surface area contributed by atoms with Crippen molar-refractivity contribution in [3.63, 3.8) is 0 Å². The number of cyclic esters (lactones) is 1. The molecule has 4 aliphatic rings. The van der Waals surface area contributed by atoms with Crippen LogP contribution < -0.4 is 0 Å². The van der Waals surface area contributed by atoms with E-state index in [2.05, 4.69) is 0 Å². The van der Waals surface area contributed by atoms with Gasteiger partial charge in [-0.1, -0.05) is 38.5 Å². The van der Waals surface area contributed by atoms with E-state index in [4.69, 9.17) is 23.7 Å². The maximum atomic E-state index is 14.3. The second-order valence-corrected chi connectivity index (χ2v) is 17.8. The Bertz CT molecular complexity index is 1500. The van der Waals surface area contributed by atoms with Crippen LogP contribution in [0.2, 0.25) is 0 Å². The first-order valence-electron chi connectivity index (χ1n) is 21.5. The average molecular weight is 838 g/mol. The number of hydrogen-bond donors (Lipinski definition) is 5. The van der Waals surface area contributed by atoms with Crippen LogP contribution in [-0.4, -0.2) is 149 Å². The fraction of sp³-hybridized carbons (Fsp3) is 0.818. The highest BCUT2D eigenvalue weighted by Gasteiger charge is 2.56. The van der Waals surface area contributed by atoms with Gasteiger partial charge in [0.25, 0.3) is 11.7 Å². The van der Waals surface area contributed by atoms with E-state index in [9.17, 15) is 44.7 Å². The number of piperidine rings is 1. The first kappa shape index (κ1) is 49.1. The SMILES string of the molecule is COC1CC(C=C(C)C2OC(=O)C3CCCCN3C(=O)C(=O)C3(O)OC(C(OC)CC(C)C/C(C)=C/C(CC(O)CO)C(=O)CC(O)C2C)C(OC)CC3C)CCC1O. The molecule has 3 aliphatic heterocycles. The fourth-order valence-corrected chi connectivity index (χ4v) is 9.61. The molecule has 1 amide bonds. The van der Waals surface area contributed by atoms with Gasteiger partial charge in [-0.25, -0.2) is 4.79 Å². The van der Waals surface area contributed by atoms with Crippen LogP contribution in [0.5, 0.6) is 0 Å². The van der Waals surface area contributed by atoms with Crippen molar-refractivity contribution in [3.05, 3.63) is 23.3 Å². The molecular formula is C44H71NO14. The fourth-order valence-electron chi connectivity index (χ4n) is 9.61. The van der Waals surface area contributed by atoms with E-state index in [1.807, 2.05) is 19.9 Å². The van der Waals surface area contributed by atoms with Crippen molar-refractivity contribution >= 4 is 23.4 Å². The Kier molecular flexibility index (Phi) is 18.3. The molecule has 15 nitrogen and oxygen atoms in total. The van der Waals surface area contributed by atoms with Crippen molar-refractivity contribution in [2.45, 2.75) is 166 Å². The number of aliphatic hydroxyl groups excluding tert-OH is 4. The Morgan fingerprint density at radius 2 is 1.59 bits per heavy atom. The third-order valence-corrected chi connectivity index (χ3v) is 13.2. The molecule has 0 aromatic carbocycles. The molecule has 15 atom stereocenters. The molecule has 3 fully saturated rings. The van der Waals surface area contributed by atoms with E-state index in [1.165, 1.54) is 21.3 Å². The lowest BCUT2D eigenvalue weighted by Crippen LogP contribution is -2.64. The first-order chi connectivity index (χ1) is 27.9. The number of allylic oxidation sites excluding steroid dienone is 3. The zero-order valence-electron chi connectivity index (χ0n) is 36.3. The summed E-state index contributed by atoms with van der Waals surface area (Å²) >= 11 is 0. The second-order valence-electron chi connectivity index (χ2n) is 17.8. The van der Waals surface area contributed by atoms with E-state index in [1.54, 1.807) is 26.8 Å². The lowest BCUT2D eigenvalue weighted by molar-refractivity contribution is -0.302. The summed E-state index contributed by atoms with van der Waals surface area (Å²) in [5, 5.41) is 54.4. The van der Waals surface area contributed by atoms with Gasteiger partial charge < -0.3 is 54.1 Å².